The van der Waals surface area contributed by atoms with Gasteiger partial charge in [0.2, 0.25) is 0 Å². The fourth-order valence-electron chi connectivity index (χ4n) is 4.74. The van der Waals surface area contributed by atoms with Crippen LogP contribution in [-0.4, -0.2) is 88.2 Å². The van der Waals surface area contributed by atoms with E-state index in [1.165, 1.54) is 11.1 Å². The van der Waals surface area contributed by atoms with Crippen molar-refractivity contribution in [3.8, 4) is 0 Å². The number of morpholine rings is 1. The molecule has 35 heavy (non-hydrogen) atoms. The van der Waals surface area contributed by atoms with Gasteiger partial charge < -0.3 is 20.3 Å². The summed E-state index contributed by atoms with van der Waals surface area (Å²) in [4.78, 5) is 31.7. The zero-order valence-corrected chi connectivity index (χ0v) is 20.8. The third-order valence-corrected chi connectivity index (χ3v) is 6.87. The molecule has 0 aromatic heterocycles. The fraction of sp³-hybridized carbons (Fsp3) is 0.481. The number of anilines is 1. The van der Waals surface area contributed by atoms with Crippen LogP contribution in [0.15, 0.2) is 48.5 Å². The lowest BCUT2D eigenvalue weighted by Gasteiger charge is -2.36. The van der Waals surface area contributed by atoms with E-state index in [4.69, 9.17) is 4.74 Å². The Balaban J connectivity index is 1.37. The number of rotatable bonds is 8. The number of hydrogen-bond acceptors (Lipinski definition) is 6. The lowest BCUT2D eigenvalue weighted by Crippen LogP contribution is -2.47. The van der Waals surface area contributed by atoms with E-state index in [0.717, 1.165) is 50.4 Å². The predicted octanol–water partition coefficient (Wildman–Crippen LogP) is 1.42. The maximum atomic E-state index is 12.6. The van der Waals surface area contributed by atoms with Crippen LogP contribution in [0.25, 0.3) is 0 Å². The van der Waals surface area contributed by atoms with Crippen LogP contribution in [0.2, 0.25) is 0 Å². The first-order valence-electron chi connectivity index (χ1n) is 12.5. The summed E-state index contributed by atoms with van der Waals surface area (Å²) in [7, 11) is 4.04. The largest absolute Gasteiger partial charge is 0.379 e. The third kappa shape index (κ3) is 6.81. The highest BCUT2D eigenvalue weighted by molar-refractivity contribution is 6.35. The number of carbonyl (C=O) groups is 2. The predicted molar refractivity (Wildman–Crippen MR) is 137 cm³/mol. The fourth-order valence-corrected chi connectivity index (χ4v) is 4.74. The molecular weight excluding hydrogens is 442 g/mol. The average molecular weight is 480 g/mol. The molecule has 4 rings (SSSR count). The number of ether oxygens (including phenoxy) is 1. The van der Waals surface area contributed by atoms with Gasteiger partial charge in [0.15, 0.2) is 0 Å². The summed E-state index contributed by atoms with van der Waals surface area (Å²) in [5, 5.41) is 5.64. The van der Waals surface area contributed by atoms with Crippen molar-refractivity contribution in [2.75, 3.05) is 71.5 Å². The summed E-state index contributed by atoms with van der Waals surface area (Å²) < 4.78 is 5.34. The SMILES string of the molecule is CN(C)c1ccc([C@H](CNC(=O)C(=O)NCCN2CCOCC2)N2CCc3ccccc3C2)cc1. The smallest absolute Gasteiger partial charge is 0.309 e. The van der Waals surface area contributed by atoms with E-state index in [2.05, 4.69) is 73.9 Å². The van der Waals surface area contributed by atoms with Crippen molar-refractivity contribution in [3.63, 3.8) is 0 Å². The number of hydrogen-bond donors (Lipinski definition) is 2. The zero-order valence-electron chi connectivity index (χ0n) is 20.8. The van der Waals surface area contributed by atoms with Crippen LogP contribution in [0.1, 0.15) is 22.7 Å². The van der Waals surface area contributed by atoms with Crippen molar-refractivity contribution >= 4 is 17.5 Å². The minimum atomic E-state index is -0.584. The third-order valence-electron chi connectivity index (χ3n) is 6.87. The van der Waals surface area contributed by atoms with Crippen molar-refractivity contribution in [2.45, 2.75) is 19.0 Å². The first-order valence-corrected chi connectivity index (χ1v) is 12.5. The Morgan fingerprint density at radius 1 is 0.943 bits per heavy atom. The Morgan fingerprint density at radius 3 is 2.34 bits per heavy atom. The highest BCUT2D eigenvalue weighted by atomic mass is 16.5. The Hall–Kier alpha value is -2.94. The summed E-state index contributed by atoms with van der Waals surface area (Å²) in [6.07, 6.45) is 0.971. The molecule has 2 N–H and O–H groups in total. The van der Waals surface area contributed by atoms with Crippen molar-refractivity contribution in [2.24, 2.45) is 0 Å². The molecule has 0 aliphatic carbocycles. The summed E-state index contributed by atoms with van der Waals surface area (Å²) in [6.45, 7) is 6.40. The van der Waals surface area contributed by atoms with Crippen LogP contribution in [0, 0.1) is 0 Å². The quantitative estimate of drug-likeness (QED) is 0.558. The molecule has 2 aromatic carbocycles. The number of carbonyl (C=O) groups excluding carboxylic acids is 2. The first kappa shape index (κ1) is 25.2. The maximum Gasteiger partial charge on any atom is 0.309 e. The van der Waals surface area contributed by atoms with E-state index in [0.29, 0.717) is 26.3 Å². The molecule has 0 saturated carbocycles. The Bertz CT molecular complexity index is 989. The highest BCUT2D eigenvalue weighted by Gasteiger charge is 2.26. The van der Waals surface area contributed by atoms with Crippen LogP contribution in [0.5, 0.6) is 0 Å². The number of amides is 2. The molecule has 2 aliphatic rings. The van der Waals surface area contributed by atoms with E-state index < -0.39 is 11.8 Å². The van der Waals surface area contributed by atoms with Crippen LogP contribution >= 0.6 is 0 Å². The van der Waals surface area contributed by atoms with Crippen molar-refractivity contribution in [1.29, 1.82) is 0 Å². The van der Waals surface area contributed by atoms with Gasteiger partial charge in [0.25, 0.3) is 0 Å². The summed E-state index contributed by atoms with van der Waals surface area (Å²) in [6, 6.07) is 16.9. The number of fused-ring (bicyclic) bond motifs is 1. The Labute approximate surface area is 208 Å². The molecule has 0 unspecified atom stereocenters. The van der Waals surface area contributed by atoms with Gasteiger partial charge in [0.05, 0.1) is 19.3 Å². The first-order chi connectivity index (χ1) is 17.0. The lowest BCUT2D eigenvalue weighted by molar-refractivity contribution is -0.139. The van der Waals surface area contributed by atoms with Gasteiger partial charge >= 0.3 is 11.8 Å². The molecule has 1 saturated heterocycles. The maximum absolute atomic E-state index is 12.6. The van der Waals surface area contributed by atoms with Crippen molar-refractivity contribution in [1.82, 2.24) is 20.4 Å². The van der Waals surface area contributed by atoms with Gasteiger partial charge in [-0.05, 0) is 35.2 Å². The van der Waals surface area contributed by atoms with E-state index in [1.54, 1.807) is 0 Å². The number of nitrogens with one attached hydrogen (secondary N) is 2. The highest BCUT2D eigenvalue weighted by Crippen LogP contribution is 2.28. The monoisotopic (exact) mass is 479 g/mol. The van der Waals surface area contributed by atoms with Crippen LogP contribution in [-0.2, 0) is 27.3 Å². The molecule has 188 valence electrons. The van der Waals surface area contributed by atoms with Gasteiger partial charge in [0, 0.05) is 65.6 Å². The lowest BCUT2D eigenvalue weighted by atomic mass is 9.96. The van der Waals surface area contributed by atoms with Gasteiger partial charge in [0.1, 0.15) is 0 Å². The van der Waals surface area contributed by atoms with E-state index in [9.17, 15) is 9.59 Å². The molecule has 2 heterocycles. The van der Waals surface area contributed by atoms with Gasteiger partial charge in [-0.25, -0.2) is 0 Å². The molecule has 8 heteroatoms. The molecule has 0 spiro atoms. The normalized spacial score (nSPS) is 17.3. The molecule has 1 fully saturated rings. The van der Waals surface area contributed by atoms with Crippen molar-refractivity contribution in [3.05, 3.63) is 65.2 Å². The molecule has 0 bridgehead atoms. The van der Waals surface area contributed by atoms with E-state index in [-0.39, 0.29) is 6.04 Å². The molecule has 2 aromatic rings. The Kier molecular flexibility index (Phi) is 8.74. The molecule has 1 atom stereocenters. The van der Waals surface area contributed by atoms with Gasteiger partial charge in [-0.15, -0.1) is 0 Å². The molecule has 2 amide bonds. The number of benzene rings is 2. The summed E-state index contributed by atoms with van der Waals surface area (Å²) >= 11 is 0. The van der Waals surface area contributed by atoms with E-state index >= 15 is 0 Å². The van der Waals surface area contributed by atoms with Gasteiger partial charge in [-0.2, -0.15) is 0 Å². The standard InChI is InChI=1S/C27H37N5O3/c1-30(2)24-9-7-22(8-10-24)25(32-13-11-21-5-3-4-6-23(21)20-32)19-29-27(34)26(33)28-12-14-31-15-17-35-18-16-31/h3-10,25H,11-20H2,1-2H3,(H,28,33)(H,29,34)/t25-/m0/s1. The second-order valence-corrected chi connectivity index (χ2v) is 9.41. The zero-order chi connectivity index (χ0) is 24.6. The topological polar surface area (TPSA) is 77.2 Å². The van der Waals surface area contributed by atoms with Gasteiger partial charge in [-0.3, -0.25) is 19.4 Å². The molecule has 8 nitrogen and oxygen atoms in total. The molecule has 0 radical (unpaired) electrons. The average Bonchev–Trinajstić information content (AvgIpc) is 2.89. The number of nitrogens with zero attached hydrogens (tertiary/aromatic N) is 3. The van der Waals surface area contributed by atoms with Crippen LogP contribution in [0.3, 0.4) is 0 Å². The van der Waals surface area contributed by atoms with Crippen molar-refractivity contribution < 1.29 is 14.3 Å². The van der Waals surface area contributed by atoms with Gasteiger partial charge in [-0.1, -0.05) is 36.4 Å². The second-order valence-electron chi connectivity index (χ2n) is 9.41. The minimum Gasteiger partial charge on any atom is -0.379 e. The van der Waals surface area contributed by atoms with Crippen LogP contribution in [0.4, 0.5) is 5.69 Å². The summed E-state index contributed by atoms with van der Waals surface area (Å²) in [5.74, 6) is -1.16. The van der Waals surface area contributed by atoms with E-state index in [1.807, 2.05) is 14.1 Å². The second kappa shape index (κ2) is 12.2. The molecular formula is C27H37N5O3. The Morgan fingerprint density at radius 2 is 1.63 bits per heavy atom. The summed E-state index contributed by atoms with van der Waals surface area (Å²) in [5.41, 5.74) is 4.96. The molecule has 2 aliphatic heterocycles. The minimum absolute atomic E-state index is 0.0235. The van der Waals surface area contributed by atoms with Crippen LogP contribution < -0.4 is 15.5 Å².